The fourth-order valence-electron chi connectivity index (χ4n) is 5.06. The van der Waals surface area contributed by atoms with Gasteiger partial charge in [0.2, 0.25) is 5.91 Å². The number of nitrogens with zero attached hydrogens (tertiary/aromatic N) is 3. The number of carbonyl (C=O) groups is 1. The van der Waals surface area contributed by atoms with Crippen LogP contribution in [0.25, 0.3) is 21.8 Å². The first kappa shape index (κ1) is 20.5. The van der Waals surface area contributed by atoms with E-state index in [2.05, 4.69) is 53.1 Å². The number of aromatic nitrogens is 2. The first-order chi connectivity index (χ1) is 16.7. The molecule has 0 bridgehead atoms. The molecule has 0 N–H and O–H groups in total. The second kappa shape index (κ2) is 8.34. The van der Waals surface area contributed by atoms with Crippen LogP contribution >= 0.6 is 0 Å². The highest BCUT2D eigenvalue weighted by Crippen LogP contribution is 2.37. The molecule has 5 nitrogen and oxygen atoms in total. The maximum absolute atomic E-state index is 13.1. The average Bonchev–Trinajstić information content (AvgIpc) is 3.44. The molecular weight excluding hydrogens is 422 g/mol. The van der Waals surface area contributed by atoms with Crippen molar-refractivity contribution in [3.05, 3.63) is 102 Å². The third-order valence-electron chi connectivity index (χ3n) is 6.70. The highest BCUT2D eigenvalue weighted by atomic mass is 16.5. The van der Waals surface area contributed by atoms with Crippen LogP contribution in [0.4, 0.5) is 5.69 Å². The van der Waals surface area contributed by atoms with Gasteiger partial charge in [-0.05, 0) is 46.7 Å². The molecule has 1 aromatic heterocycles. The third-order valence-corrected chi connectivity index (χ3v) is 6.70. The average molecular weight is 448 g/mol. The van der Waals surface area contributed by atoms with Crippen molar-refractivity contribution in [3.8, 4) is 5.75 Å². The second-order valence-electron chi connectivity index (χ2n) is 8.80. The standard InChI is InChI=1S/C29H25N3O2/c1-34-27-13-7-6-12-26(27)31-19-23(17-28(31)33)29-30-24-10-4-5-11-25(24)32(29)18-20-14-15-21-8-2-3-9-22(21)16-20/h2-16,23H,17-19H2,1H3. The topological polar surface area (TPSA) is 47.4 Å². The number of rotatable bonds is 5. The van der Waals surface area contributed by atoms with Crippen molar-refractivity contribution in [2.75, 3.05) is 18.6 Å². The number of methoxy groups -OCH3 is 1. The Labute approximate surface area is 198 Å². The van der Waals surface area contributed by atoms with E-state index in [0.717, 1.165) is 22.5 Å². The predicted molar refractivity (Wildman–Crippen MR) is 135 cm³/mol. The van der Waals surface area contributed by atoms with Gasteiger partial charge in [-0.2, -0.15) is 0 Å². The lowest BCUT2D eigenvalue weighted by Crippen LogP contribution is -2.25. The van der Waals surface area contributed by atoms with Crippen molar-refractivity contribution >= 4 is 33.4 Å². The maximum atomic E-state index is 13.1. The summed E-state index contributed by atoms with van der Waals surface area (Å²) in [6.07, 6.45) is 0.430. The van der Waals surface area contributed by atoms with Crippen molar-refractivity contribution in [1.29, 1.82) is 0 Å². The molecule has 0 radical (unpaired) electrons. The van der Waals surface area contributed by atoms with E-state index in [4.69, 9.17) is 9.72 Å². The zero-order chi connectivity index (χ0) is 23.1. The molecule has 5 aromatic rings. The van der Waals surface area contributed by atoms with Gasteiger partial charge in [0.1, 0.15) is 11.6 Å². The fraction of sp³-hybridized carbons (Fsp3) is 0.172. The van der Waals surface area contributed by atoms with Gasteiger partial charge in [0.15, 0.2) is 0 Å². The van der Waals surface area contributed by atoms with Crippen molar-refractivity contribution in [1.82, 2.24) is 9.55 Å². The van der Waals surface area contributed by atoms with E-state index >= 15 is 0 Å². The Kier molecular flexibility index (Phi) is 5.02. The molecule has 1 amide bonds. The van der Waals surface area contributed by atoms with Gasteiger partial charge in [0.25, 0.3) is 0 Å². The summed E-state index contributed by atoms with van der Waals surface area (Å²) in [5, 5.41) is 2.46. The minimum absolute atomic E-state index is 0.00488. The number of ether oxygens (including phenoxy) is 1. The monoisotopic (exact) mass is 447 g/mol. The molecule has 168 valence electrons. The van der Waals surface area contributed by atoms with E-state index in [0.29, 0.717) is 25.3 Å². The van der Waals surface area contributed by atoms with E-state index in [-0.39, 0.29) is 11.8 Å². The summed E-state index contributed by atoms with van der Waals surface area (Å²) in [7, 11) is 1.64. The molecular formula is C29H25N3O2. The Hall–Kier alpha value is -4.12. The first-order valence-corrected chi connectivity index (χ1v) is 11.6. The Morgan fingerprint density at radius 1 is 0.912 bits per heavy atom. The highest BCUT2D eigenvalue weighted by Gasteiger charge is 2.36. The quantitative estimate of drug-likeness (QED) is 0.344. The number of carbonyl (C=O) groups excluding carboxylic acids is 1. The van der Waals surface area contributed by atoms with E-state index in [1.807, 2.05) is 47.4 Å². The Morgan fingerprint density at radius 3 is 2.56 bits per heavy atom. The largest absolute Gasteiger partial charge is 0.495 e. The third kappa shape index (κ3) is 3.50. The number of fused-ring (bicyclic) bond motifs is 2. The van der Waals surface area contributed by atoms with Crippen LogP contribution in [-0.4, -0.2) is 29.1 Å². The molecule has 5 heteroatoms. The molecule has 6 rings (SSSR count). The SMILES string of the molecule is COc1ccccc1N1CC(c2nc3ccccc3n2Cc2ccc3ccccc3c2)CC1=O. The maximum Gasteiger partial charge on any atom is 0.227 e. The molecule has 0 saturated carbocycles. The molecule has 1 fully saturated rings. The minimum Gasteiger partial charge on any atom is -0.495 e. The summed E-state index contributed by atoms with van der Waals surface area (Å²) < 4.78 is 7.80. The van der Waals surface area contributed by atoms with Gasteiger partial charge >= 0.3 is 0 Å². The minimum atomic E-state index is 0.00488. The lowest BCUT2D eigenvalue weighted by molar-refractivity contribution is -0.117. The second-order valence-corrected chi connectivity index (χ2v) is 8.80. The van der Waals surface area contributed by atoms with Gasteiger partial charge < -0.3 is 14.2 Å². The van der Waals surface area contributed by atoms with E-state index in [9.17, 15) is 4.79 Å². The van der Waals surface area contributed by atoms with Crippen molar-refractivity contribution < 1.29 is 9.53 Å². The molecule has 1 saturated heterocycles. The highest BCUT2D eigenvalue weighted by molar-refractivity contribution is 5.98. The molecule has 1 aliphatic rings. The number of hydrogen-bond acceptors (Lipinski definition) is 3. The van der Waals surface area contributed by atoms with Gasteiger partial charge in [-0.25, -0.2) is 4.98 Å². The summed E-state index contributed by atoms with van der Waals surface area (Å²) in [5.41, 5.74) is 4.08. The number of para-hydroxylation sites is 4. The molecule has 0 aliphatic carbocycles. The van der Waals surface area contributed by atoms with Gasteiger partial charge in [-0.1, -0.05) is 60.7 Å². The smallest absolute Gasteiger partial charge is 0.227 e. The van der Waals surface area contributed by atoms with Crippen LogP contribution in [0.15, 0.2) is 91.0 Å². The molecule has 4 aromatic carbocycles. The Balaban J connectivity index is 1.39. The van der Waals surface area contributed by atoms with Crippen LogP contribution in [0.2, 0.25) is 0 Å². The normalized spacial score (nSPS) is 16.0. The molecule has 1 atom stereocenters. The summed E-state index contributed by atoms with van der Waals surface area (Å²) in [4.78, 5) is 19.9. The number of imidazole rings is 1. The first-order valence-electron chi connectivity index (χ1n) is 11.6. The van der Waals surface area contributed by atoms with Crippen LogP contribution < -0.4 is 9.64 Å². The van der Waals surface area contributed by atoms with E-state index < -0.39 is 0 Å². The Bertz CT molecular complexity index is 1520. The zero-order valence-electron chi connectivity index (χ0n) is 19.0. The van der Waals surface area contributed by atoms with Crippen LogP contribution in [-0.2, 0) is 11.3 Å². The summed E-state index contributed by atoms with van der Waals surface area (Å²) in [5.74, 6) is 1.77. The number of amides is 1. The van der Waals surface area contributed by atoms with Crippen molar-refractivity contribution in [2.24, 2.45) is 0 Å². The lowest BCUT2D eigenvalue weighted by atomic mass is 10.1. The number of anilines is 1. The number of benzene rings is 4. The molecule has 1 unspecified atom stereocenters. The predicted octanol–water partition coefficient (Wildman–Crippen LogP) is 5.77. The zero-order valence-corrected chi connectivity index (χ0v) is 19.0. The van der Waals surface area contributed by atoms with Crippen LogP contribution in [0.1, 0.15) is 23.7 Å². The van der Waals surface area contributed by atoms with Crippen LogP contribution in [0, 0.1) is 0 Å². The van der Waals surface area contributed by atoms with Crippen LogP contribution in [0.5, 0.6) is 5.75 Å². The summed E-state index contributed by atoms with van der Waals surface area (Å²) >= 11 is 0. The van der Waals surface area contributed by atoms with Crippen LogP contribution in [0.3, 0.4) is 0 Å². The number of hydrogen-bond donors (Lipinski definition) is 0. The van der Waals surface area contributed by atoms with Gasteiger partial charge in [-0.3, -0.25) is 4.79 Å². The summed E-state index contributed by atoms with van der Waals surface area (Å²) in [6.45, 7) is 1.29. The van der Waals surface area contributed by atoms with Crippen molar-refractivity contribution in [3.63, 3.8) is 0 Å². The van der Waals surface area contributed by atoms with Crippen molar-refractivity contribution in [2.45, 2.75) is 18.9 Å². The van der Waals surface area contributed by atoms with E-state index in [1.165, 1.54) is 16.3 Å². The summed E-state index contributed by atoms with van der Waals surface area (Å²) in [6, 6.07) is 30.9. The van der Waals surface area contributed by atoms with E-state index in [1.54, 1.807) is 7.11 Å². The van der Waals surface area contributed by atoms with Gasteiger partial charge in [-0.15, -0.1) is 0 Å². The molecule has 1 aliphatic heterocycles. The molecule has 2 heterocycles. The van der Waals surface area contributed by atoms with Gasteiger partial charge in [0.05, 0.1) is 23.8 Å². The fourth-order valence-corrected chi connectivity index (χ4v) is 5.06. The molecule has 0 spiro atoms. The van der Waals surface area contributed by atoms with Gasteiger partial charge in [0, 0.05) is 25.4 Å². The Morgan fingerprint density at radius 2 is 1.68 bits per heavy atom. The molecule has 34 heavy (non-hydrogen) atoms. The lowest BCUT2D eigenvalue weighted by Gasteiger charge is -2.20.